The molecule has 16 heavy (non-hydrogen) atoms. The van der Waals surface area contributed by atoms with Crippen molar-refractivity contribution in [2.45, 2.75) is 13.0 Å². The van der Waals surface area contributed by atoms with E-state index < -0.39 is 0 Å². The van der Waals surface area contributed by atoms with Crippen molar-refractivity contribution in [2.24, 2.45) is 7.05 Å². The molecule has 1 aliphatic heterocycles. The molecule has 0 amide bonds. The van der Waals surface area contributed by atoms with Gasteiger partial charge in [0.05, 0.1) is 6.61 Å². The fourth-order valence-corrected chi connectivity index (χ4v) is 2.48. The quantitative estimate of drug-likeness (QED) is 0.664. The van der Waals surface area contributed by atoms with E-state index in [2.05, 4.69) is 55.0 Å². The highest BCUT2D eigenvalue weighted by atomic mass is 16.5. The summed E-state index contributed by atoms with van der Waals surface area (Å²) in [6.07, 6.45) is 4.37. The van der Waals surface area contributed by atoms with E-state index in [1.165, 1.54) is 22.2 Å². The van der Waals surface area contributed by atoms with Crippen molar-refractivity contribution >= 4 is 10.9 Å². The lowest BCUT2D eigenvalue weighted by Gasteiger charge is -2.09. The van der Waals surface area contributed by atoms with Crippen LogP contribution in [-0.2, 0) is 11.8 Å². The monoisotopic (exact) mass is 213 g/mol. The lowest BCUT2D eigenvalue weighted by atomic mass is 10.1. The van der Waals surface area contributed by atoms with E-state index in [4.69, 9.17) is 4.74 Å². The van der Waals surface area contributed by atoms with Gasteiger partial charge >= 0.3 is 0 Å². The van der Waals surface area contributed by atoms with Gasteiger partial charge in [0.1, 0.15) is 6.10 Å². The molecule has 0 saturated heterocycles. The Morgan fingerprint density at radius 3 is 2.88 bits per heavy atom. The highest BCUT2D eigenvalue weighted by molar-refractivity contribution is 5.86. The smallest absolute Gasteiger partial charge is 0.103 e. The van der Waals surface area contributed by atoms with Gasteiger partial charge in [0.25, 0.3) is 0 Å². The molecule has 2 aromatic rings. The highest BCUT2D eigenvalue weighted by Gasteiger charge is 2.20. The summed E-state index contributed by atoms with van der Waals surface area (Å²) >= 11 is 0. The maximum Gasteiger partial charge on any atom is 0.103 e. The van der Waals surface area contributed by atoms with Gasteiger partial charge in [-0.3, -0.25) is 0 Å². The summed E-state index contributed by atoms with van der Waals surface area (Å²) in [6.45, 7) is 2.89. The maximum atomic E-state index is 5.72. The number of aromatic nitrogens is 1. The first kappa shape index (κ1) is 9.67. The van der Waals surface area contributed by atoms with Gasteiger partial charge in [-0.1, -0.05) is 30.4 Å². The van der Waals surface area contributed by atoms with Gasteiger partial charge in [0, 0.05) is 29.2 Å². The minimum Gasteiger partial charge on any atom is -0.365 e. The number of ether oxygens (including phenoxy) is 1. The topological polar surface area (TPSA) is 14.2 Å². The molecule has 0 N–H and O–H groups in total. The number of para-hydroxylation sites is 1. The van der Waals surface area contributed by atoms with Gasteiger partial charge < -0.3 is 9.30 Å². The van der Waals surface area contributed by atoms with Crippen LogP contribution in [0.15, 0.2) is 36.4 Å². The number of hydrogen-bond acceptors (Lipinski definition) is 1. The predicted molar refractivity (Wildman–Crippen MR) is 65.5 cm³/mol. The molecule has 1 aromatic carbocycles. The second-order valence-corrected chi connectivity index (χ2v) is 4.26. The molecule has 0 radical (unpaired) electrons. The van der Waals surface area contributed by atoms with Crippen LogP contribution in [-0.4, -0.2) is 11.2 Å². The van der Waals surface area contributed by atoms with Gasteiger partial charge in [-0.15, -0.1) is 0 Å². The zero-order chi connectivity index (χ0) is 11.1. The third-order valence-corrected chi connectivity index (χ3v) is 3.42. The fraction of sp³-hybridized carbons (Fsp3) is 0.286. The summed E-state index contributed by atoms with van der Waals surface area (Å²) in [5.41, 5.74) is 3.88. The van der Waals surface area contributed by atoms with Crippen LogP contribution in [0.2, 0.25) is 0 Å². The number of aryl methyl sites for hydroxylation is 1. The molecule has 0 bridgehead atoms. The van der Waals surface area contributed by atoms with Crippen LogP contribution in [0, 0.1) is 6.92 Å². The Balaban J connectivity index is 2.30. The van der Waals surface area contributed by atoms with Crippen LogP contribution < -0.4 is 0 Å². The van der Waals surface area contributed by atoms with Gasteiger partial charge in [0.2, 0.25) is 0 Å². The predicted octanol–water partition coefficient (Wildman–Crippen LogP) is 3.11. The third-order valence-electron chi connectivity index (χ3n) is 3.42. The zero-order valence-corrected chi connectivity index (χ0v) is 9.60. The van der Waals surface area contributed by atoms with E-state index in [0.29, 0.717) is 0 Å². The molecule has 3 rings (SSSR count). The Bertz CT molecular complexity index is 565. The Labute approximate surface area is 95.1 Å². The Morgan fingerprint density at radius 1 is 1.31 bits per heavy atom. The molecule has 0 saturated carbocycles. The lowest BCUT2D eigenvalue weighted by Crippen LogP contribution is -1.99. The van der Waals surface area contributed by atoms with Crippen LogP contribution in [0.4, 0.5) is 0 Å². The van der Waals surface area contributed by atoms with Gasteiger partial charge in [-0.2, -0.15) is 0 Å². The average molecular weight is 213 g/mol. The van der Waals surface area contributed by atoms with Gasteiger partial charge in [0.15, 0.2) is 0 Å². The standard InChI is InChI=1S/C14H15NO/c1-10-14(13-8-5-9-16-13)11-6-3-4-7-12(11)15(10)2/h3-8,13H,9H2,1-2H3. The Kier molecular flexibility index (Phi) is 2.11. The first-order chi connectivity index (χ1) is 7.79. The van der Waals surface area contributed by atoms with Crippen molar-refractivity contribution in [2.75, 3.05) is 6.61 Å². The second kappa shape index (κ2) is 3.49. The molecule has 2 nitrogen and oxygen atoms in total. The molecule has 0 fully saturated rings. The molecule has 82 valence electrons. The molecule has 1 atom stereocenters. The molecule has 0 aliphatic carbocycles. The maximum absolute atomic E-state index is 5.72. The second-order valence-electron chi connectivity index (χ2n) is 4.26. The molecule has 1 aromatic heterocycles. The summed E-state index contributed by atoms with van der Waals surface area (Å²) in [6, 6.07) is 8.50. The normalized spacial score (nSPS) is 19.8. The SMILES string of the molecule is Cc1c(C2C=CCO2)c2ccccc2n1C. The molecule has 1 aliphatic rings. The fourth-order valence-electron chi connectivity index (χ4n) is 2.48. The number of fused-ring (bicyclic) bond motifs is 1. The molecule has 2 heterocycles. The minimum atomic E-state index is 0.131. The molecular weight excluding hydrogens is 198 g/mol. The van der Waals surface area contributed by atoms with Crippen molar-refractivity contribution in [3.8, 4) is 0 Å². The van der Waals surface area contributed by atoms with Crippen molar-refractivity contribution < 1.29 is 4.74 Å². The highest BCUT2D eigenvalue weighted by Crippen LogP contribution is 2.34. The summed E-state index contributed by atoms with van der Waals surface area (Å²) in [5.74, 6) is 0. The summed E-state index contributed by atoms with van der Waals surface area (Å²) in [7, 11) is 2.11. The van der Waals surface area contributed by atoms with E-state index in [9.17, 15) is 0 Å². The number of rotatable bonds is 1. The van der Waals surface area contributed by atoms with Gasteiger partial charge in [-0.05, 0) is 13.0 Å². The molecule has 0 spiro atoms. The van der Waals surface area contributed by atoms with E-state index in [0.717, 1.165) is 6.61 Å². The summed E-state index contributed by atoms with van der Waals surface area (Å²) in [4.78, 5) is 0. The minimum absolute atomic E-state index is 0.131. The van der Waals surface area contributed by atoms with Crippen molar-refractivity contribution in [1.82, 2.24) is 4.57 Å². The van der Waals surface area contributed by atoms with Crippen molar-refractivity contribution in [3.05, 3.63) is 47.7 Å². The van der Waals surface area contributed by atoms with E-state index >= 15 is 0 Å². The summed E-state index contributed by atoms with van der Waals surface area (Å²) in [5, 5.41) is 1.30. The largest absolute Gasteiger partial charge is 0.365 e. The third kappa shape index (κ3) is 1.23. The van der Waals surface area contributed by atoms with E-state index in [1.807, 2.05) is 0 Å². The van der Waals surface area contributed by atoms with Crippen LogP contribution in [0.25, 0.3) is 10.9 Å². The van der Waals surface area contributed by atoms with Crippen LogP contribution in [0.5, 0.6) is 0 Å². The molecule has 1 unspecified atom stereocenters. The van der Waals surface area contributed by atoms with Gasteiger partial charge in [-0.25, -0.2) is 0 Å². The van der Waals surface area contributed by atoms with Crippen LogP contribution in [0.1, 0.15) is 17.4 Å². The first-order valence-corrected chi connectivity index (χ1v) is 5.61. The molecule has 2 heteroatoms. The van der Waals surface area contributed by atoms with Crippen molar-refractivity contribution in [3.63, 3.8) is 0 Å². The number of hydrogen-bond donors (Lipinski definition) is 0. The lowest BCUT2D eigenvalue weighted by molar-refractivity contribution is 0.130. The number of benzene rings is 1. The number of nitrogens with zero attached hydrogens (tertiary/aromatic N) is 1. The first-order valence-electron chi connectivity index (χ1n) is 5.61. The Morgan fingerprint density at radius 2 is 2.12 bits per heavy atom. The Hall–Kier alpha value is -1.54. The summed E-state index contributed by atoms with van der Waals surface area (Å²) < 4.78 is 7.95. The van der Waals surface area contributed by atoms with E-state index in [1.54, 1.807) is 0 Å². The molecular formula is C14H15NO. The van der Waals surface area contributed by atoms with Crippen LogP contribution >= 0.6 is 0 Å². The van der Waals surface area contributed by atoms with E-state index in [-0.39, 0.29) is 6.10 Å². The van der Waals surface area contributed by atoms with Crippen LogP contribution in [0.3, 0.4) is 0 Å². The average Bonchev–Trinajstić information content (AvgIpc) is 2.89. The van der Waals surface area contributed by atoms with Crippen molar-refractivity contribution in [1.29, 1.82) is 0 Å². The zero-order valence-electron chi connectivity index (χ0n) is 9.60.